The van der Waals surface area contributed by atoms with Crippen molar-refractivity contribution >= 4 is 34.8 Å². The van der Waals surface area contributed by atoms with E-state index in [1.165, 1.54) is 0 Å². The minimum Gasteiger partial charge on any atom is -0.382 e. The van der Waals surface area contributed by atoms with Crippen molar-refractivity contribution in [3.8, 4) is 0 Å². The minimum absolute atomic E-state index is 0.0895. The number of halogens is 3. The second kappa shape index (κ2) is 12.3. The van der Waals surface area contributed by atoms with Crippen LogP contribution in [0.1, 0.15) is 13.8 Å². The SMILES string of the molecule is CCOCC.ClC=C(Cl)Cl. The van der Waals surface area contributed by atoms with Crippen LogP contribution >= 0.6 is 34.8 Å². The Hall–Kier alpha value is 0.570. The summed E-state index contributed by atoms with van der Waals surface area (Å²) in [6.07, 6.45) is 0. The van der Waals surface area contributed by atoms with Crippen molar-refractivity contribution in [2.24, 2.45) is 0 Å². The normalized spacial score (nSPS) is 7.70. The molecule has 0 aliphatic carbocycles. The van der Waals surface area contributed by atoms with Crippen molar-refractivity contribution < 1.29 is 4.74 Å². The first-order valence-corrected chi connectivity index (χ1v) is 4.07. The van der Waals surface area contributed by atoms with Crippen LogP contribution in [0, 0.1) is 0 Å². The average molecular weight is 206 g/mol. The predicted molar refractivity (Wildman–Crippen MR) is 47.8 cm³/mol. The molecular formula is C6H11Cl3O. The average Bonchev–Trinajstić information content (AvgIpc) is 1.91. The molecule has 0 rings (SSSR count). The van der Waals surface area contributed by atoms with Crippen LogP contribution in [0.3, 0.4) is 0 Å². The molecule has 4 heteroatoms. The molecule has 0 heterocycles. The molecule has 0 N–H and O–H groups in total. The molecule has 0 aromatic carbocycles. The lowest BCUT2D eigenvalue weighted by Crippen LogP contribution is -1.84. The zero-order chi connectivity index (χ0) is 8.41. The van der Waals surface area contributed by atoms with Crippen molar-refractivity contribution in [2.75, 3.05) is 13.2 Å². The smallest absolute Gasteiger partial charge is 0.118 e. The van der Waals surface area contributed by atoms with Crippen molar-refractivity contribution in [3.63, 3.8) is 0 Å². The monoisotopic (exact) mass is 204 g/mol. The van der Waals surface area contributed by atoms with Gasteiger partial charge in [0.15, 0.2) is 0 Å². The summed E-state index contributed by atoms with van der Waals surface area (Å²) in [7, 11) is 0. The number of hydrogen-bond acceptors (Lipinski definition) is 1. The molecule has 0 aliphatic rings. The Bertz CT molecular complexity index is 77.1. The van der Waals surface area contributed by atoms with Gasteiger partial charge in [0.25, 0.3) is 0 Å². The summed E-state index contributed by atoms with van der Waals surface area (Å²) >= 11 is 14.8. The Morgan fingerprint density at radius 3 is 1.60 bits per heavy atom. The summed E-state index contributed by atoms with van der Waals surface area (Å²) in [6.45, 7) is 5.67. The van der Waals surface area contributed by atoms with Crippen molar-refractivity contribution in [2.45, 2.75) is 13.8 Å². The minimum atomic E-state index is 0.0895. The molecule has 0 spiro atoms. The Morgan fingerprint density at radius 2 is 1.60 bits per heavy atom. The topological polar surface area (TPSA) is 9.23 Å². The standard InChI is InChI=1S/C4H10O.C2HCl3/c1-3-5-4-2;3-1-2(4)5/h3-4H2,1-2H3;1H. The molecule has 0 bridgehead atoms. The van der Waals surface area contributed by atoms with Crippen LogP contribution in [-0.4, -0.2) is 13.2 Å². The fourth-order valence-corrected chi connectivity index (χ4v) is 0.204. The second-order valence-corrected chi connectivity index (χ2v) is 2.41. The Kier molecular flexibility index (Phi) is 16.2. The molecule has 1 nitrogen and oxygen atoms in total. The lowest BCUT2D eigenvalue weighted by molar-refractivity contribution is 0.162. The van der Waals surface area contributed by atoms with Crippen LogP contribution in [0.5, 0.6) is 0 Å². The highest BCUT2D eigenvalue weighted by Gasteiger charge is 1.70. The second-order valence-electron chi connectivity index (χ2n) is 1.18. The summed E-state index contributed by atoms with van der Waals surface area (Å²) in [5, 5.41) is 0. The molecule has 0 radical (unpaired) electrons. The first kappa shape index (κ1) is 13.2. The van der Waals surface area contributed by atoms with Crippen LogP contribution in [0.25, 0.3) is 0 Å². The maximum atomic E-state index is 4.96. The quantitative estimate of drug-likeness (QED) is 0.670. The van der Waals surface area contributed by atoms with Gasteiger partial charge in [-0.2, -0.15) is 0 Å². The van der Waals surface area contributed by atoms with E-state index in [0.717, 1.165) is 18.7 Å². The van der Waals surface area contributed by atoms with Crippen LogP contribution in [-0.2, 0) is 4.74 Å². The summed E-state index contributed by atoms with van der Waals surface area (Å²) in [5.74, 6) is 0. The highest BCUT2D eigenvalue weighted by Crippen LogP contribution is 2.05. The van der Waals surface area contributed by atoms with Gasteiger partial charge in [0.2, 0.25) is 0 Å². The molecule has 0 aromatic rings. The number of hydrogen-bond donors (Lipinski definition) is 0. The van der Waals surface area contributed by atoms with Gasteiger partial charge in [-0.3, -0.25) is 0 Å². The van der Waals surface area contributed by atoms with Gasteiger partial charge >= 0.3 is 0 Å². The number of rotatable bonds is 2. The van der Waals surface area contributed by atoms with E-state index < -0.39 is 0 Å². The van der Waals surface area contributed by atoms with Gasteiger partial charge in [0.05, 0.1) is 0 Å². The molecule has 0 aromatic heterocycles. The number of ether oxygens (including phenoxy) is 1. The van der Waals surface area contributed by atoms with Crippen molar-refractivity contribution in [1.82, 2.24) is 0 Å². The van der Waals surface area contributed by atoms with Gasteiger partial charge in [-0.1, -0.05) is 34.8 Å². The first-order chi connectivity index (χ1) is 4.68. The molecule has 0 amide bonds. The van der Waals surface area contributed by atoms with E-state index in [2.05, 4.69) is 0 Å². The third-order valence-electron chi connectivity index (χ3n) is 0.491. The fraction of sp³-hybridized carbons (Fsp3) is 0.667. The van der Waals surface area contributed by atoms with E-state index in [4.69, 9.17) is 39.5 Å². The summed E-state index contributed by atoms with van der Waals surface area (Å²) in [4.78, 5) is 0. The van der Waals surface area contributed by atoms with E-state index in [1.807, 2.05) is 13.8 Å². The molecule has 10 heavy (non-hydrogen) atoms. The van der Waals surface area contributed by atoms with Gasteiger partial charge in [-0.05, 0) is 13.8 Å². The van der Waals surface area contributed by atoms with Crippen LogP contribution in [0.4, 0.5) is 0 Å². The van der Waals surface area contributed by atoms with Gasteiger partial charge in [-0.15, -0.1) is 0 Å². The molecular weight excluding hydrogens is 194 g/mol. The maximum Gasteiger partial charge on any atom is 0.118 e. The lowest BCUT2D eigenvalue weighted by Gasteiger charge is -1.86. The summed E-state index contributed by atoms with van der Waals surface area (Å²) in [6, 6.07) is 0. The summed E-state index contributed by atoms with van der Waals surface area (Å²) in [5.41, 5.74) is 1.09. The van der Waals surface area contributed by atoms with E-state index in [1.54, 1.807) is 0 Å². The molecule has 0 fully saturated rings. The molecule has 62 valence electrons. The van der Waals surface area contributed by atoms with Gasteiger partial charge in [0, 0.05) is 18.7 Å². The Balaban J connectivity index is 0. The van der Waals surface area contributed by atoms with Gasteiger partial charge in [0.1, 0.15) is 4.49 Å². The van der Waals surface area contributed by atoms with E-state index >= 15 is 0 Å². The Labute approximate surface area is 76.9 Å². The van der Waals surface area contributed by atoms with Crippen molar-refractivity contribution in [1.29, 1.82) is 0 Å². The Morgan fingerprint density at radius 1 is 1.30 bits per heavy atom. The zero-order valence-corrected chi connectivity index (χ0v) is 8.30. The predicted octanol–water partition coefficient (Wildman–Crippen LogP) is 3.54. The van der Waals surface area contributed by atoms with E-state index in [-0.39, 0.29) is 4.49 Å². The lowest BCUT2D eigenvalue weighted by atomic mass is 10.8. The fourth-order valence-electron chi connectivity index (χ4n) is 0.204. The molecule has 0 aliphatic heterocycles. The highest BCUT2D eigenvalue weighted by molar-refractivity contribution is 6.58. The van der Waals surface area contributed by atoms with E-state index in [9.17, 15) is 0 Å². The summed E-state index contributed by atoms with van der Waals surface area (Å²) < 4.78 is 4.92. The first-order valence-electron chi connectivity index (χ1n) is 2.88. The third kappa shape index (κ3) is 23.5. The highest BCUT2D eigenvalue weighted by atomic mass is 35.5. The van der Waals surface area contributed by atoms with Gasteiger partial charge < -0.3 is 4.74 Å². The molecule has 0 unspecified atom stereocenters. The van der Waals surface area contributed by atoms with Gasteiger partial charge in [-0.25, -0.2) is 0 Å². The molecule has 0 saturated heterocycles. The zero-order valence-electron chi connectivity index (χ0n) is 6.03. The maximum absolute atomic E-state index is 4.96. The largest absolute Gasteiger partial charge is 0.382 e. The molecule has 0 atom stereocenters. The van der Waals surface area contributed by atoms with Crippen LogP contribution in [0.2, 0.25) is 0 Å². The van der Waals surface area contributed by atoms with Crippen molar-refractivity contribution in [3.05, 3.63) is 10.0 Å². The van der Waals surface area contributed by atoms with Crippen LogP contribution < -0.4 is 0 Å². The van der Waals surface area contributed by atoms with E-state index in [0.29, 0.717) is 0 Å². The third-order valence-corrected chi connectivity index (χ3v) is 1.15. The molecule has 0 saturated carbocycles. The van der Waals surface area contributed by atoms with Crippen LogP contribution in [0.15, 0.2) is 10.0 Å².